The van der Waals surface area contributed by atoms with Crippen molar-refractivity contribution in [3.63, 3.8) is 0 Å². The molecule has 0 fully saturated rings. The molecule has 1 N–H and O–H groups in total. The largest absolute Gasteiger partial charge is 0.386 e. The average molecular weight is 224 g/mol. The van der Waals surface area contributed by atoms with Gasteiger partial charge in [0.05, 0.1) is 5.60 Å². The molecule has 0 heterocycles. The lowest BCUT2D eigenvalue weighted by molar-refractivity contribution is 0.0778. The lowest BCUT2D eigenvalue weighted by Crippen LogP contribution is -2.17. The highest BCUT2D eigenvalue weighted by atomic mass is 16.3. The van der Waals surface area contributed by atoms with Crippen LogP contribution in [0.1, 0.15) is 30.5 Å². The van der Waals surface area contributed by atoms with Gasteiger partial charge in [0.1, 0.15) is 0 Å². The van der Waals surface area contributed by atoms with Crippen LogP contribution in [0.2, 0.25) is 0 Å². The minimum atomic E-state index is -0.770. The van der Waals surface area contributed by atoms with Crippen LogP contribution in [0.25, 0.3) is 11.1 Å². The highest BCUT2D eigenvalue weighted by Crippen LogP contribution is 2.40. The topological polar surface area (TPSA) is 20.2 Å². The molecule has 1 heteroatoms. The van der Waals surface area contributed by atoms with Gasteiger partial charge in [0.15, 0.2) is 0 Å². The molecule has 0 aliphatic heterocycles. The zero-order chi connectivity index (χ0) is 12.0. The van der Waals surface area contributed by atoms with Crippen molar-refractivity contribution in [2.24, 2.45) is 0 Å². The molecule has 0 unspecified atom stereocenters. The summed E-state index contributed by atoms with van der Waals surface area (Å²) in [5.74, 6) is 0. The maximum atomic E-state index is 10.2. The predicted molar refractivity (Wildman–Crippen MR) is 69.9 cm³/mol. The Morgan fingerprint density at radius 2 is 1.65 bits per heavy atom. The van der Waals surface area contributed by atoms with Crippen molar-refractivity contribution in [2.75, 3.05) is 0 Å². The molecule has 1 aliphatic rings. The number of rotatable bonds is 1. The molecular weight excluding hydrogens is 208 g/mol. The summed E-state index contributed by atoms with van der Waals surface area (Å²) in [6.07, 6.45) is 0.936. The van der Waals surface area contributed by atoms with Gasteiger partial charge >= 0.3 is 0 Å². The smallest absolute Gasteiger partial charge is 0.0843 e. The van der Waals surface area contributed by atoms with Crippen LogP contribution >= 0.6 is 0 Å². The van der Waals surface area contributed by atoms with Gasteiger partial charge in [-0.25, -0.2) is 0 Å². The number of fused-ring (bicyclic) bond motifs is 3. The van der Waals surface area contributed by atoms with Crippen LogP contribution in [0.4, 0.5) is 0 Å². The number of hydrogen-bond acceptors (Lipinski definition) is 1. The molecule has 3 rings (SSSR count). The van der Waals surface area contributed by atoms with Crippen molar-refractivity contribution in [3.8, 4) is 11.1 Å². The summed E-state index contributed by atoms with van der Waals surface area (Å²) in [7, 11) is 0. The van der Waals surface area contributed by atoms with E-state index in [1.54, 1.807) is 0 Å². The van der Waals surface area contributed by atoms with Crippen molar-refractivity contribution in [3.05, 3.63) is 59.2 Å². The fourth-order valence-corrected chi connectivity index (χ4v) is 2.73. The van der Waals surface area contributed by atoms with E-state index in [4.69, 9.17) is 0 Å². The summed E-state index contributed by atoms with van der Waals surface area (Å²) in [5, 5.41) is 10.2. The van der Waals surface area contributed by atoms with E-state index < -0.39 is 5.60 Å². The molecule has 2 aromatic carbocycles. The second kappa shape index (κ2) is 3.44. The number of aliphatic hydroxyl groups is 1. The van der Waals surface area contributed by atoms with Gasteiger partial charge in [-0.1, -0.05) is 42.5 Å². The summed E-state index contributed by atoms with van der Waals surface area (Å²) in [5.41, 5.74) is 5.51. The second-order valence-electron chi connectivity index (χ2n) is 5.22. The quantitative estimate of drug-likeness (QED) is 0.671. The molecule has 1 nitrogen and oxygen atoms in total. The van der Waals surface area contributed by atoms with E-state index in [0.717, 1.165) is 12.0 Å². The fourth-order valence-electron chi connectivity index (χ4n) is 2.73. The third kappa shape index (κ3) is 1.58. The van der Waals surface area contributed by atoms with E-state index in [1.807, 2.05) is 26.0 Å². The molecular formula is C16H16O. The summed E-state index contributed by atoms with van der Waals surface area (Å²) >= 11 is 0. The summed E-state index contributed by atoms with van der Waals surface area (Å²) in [6, 6.07) is 14.7. The molecule has 0 spiro atoms. The SMILES string of the molecule is CC(C)(O)c1cccc2c1Cc1ccccc1-2. The Labute approximate surface area is 102 Å². The summed E-state index contributed by atoms with van der Waals surface area (Å²) < 4.78 is 0. The predicted octanol–water partition coefficient (Wildman–Crippen LogP) is 3.49. The lowest BCUT2D eigenvalue weighted by atomic mass is 9.90. The Morgan fingerprint density at radius 1 is 0.941 bits per heavy atom. The molecule has 0 radical (unpaired) electrons. The number of hydrogen-bond donors (Lipinski definition) is 1. The Kier molecular flexibility index (Phi) is 2.14. The Morgan fingerprint density at radius 3 is 2.41 bits per heavy atom. The van der Waals surface area contributed by atoms with Gasteiger partial charge in [-0.05, 0) is 48.1 Å². The maximum absolute atomic E-state index is 10.2. The molecule has 0 atom stereocenters. The lowest BCUT2D eigenvalue weighted by Gasteiger charge is -2.21. The van der Waals surface area contributed by atoms with Crippen molar-refractivity contribution in [1.82, 2.24) is 0 Å². The highest BCUT2D eigenvalue weighted by Gasteiger charge is 2.26. The van der Waals surface area contributed by atoms with Gasteiger partial charge in [-0.15, -0.1) is 0 Å². The highest BCUT2D eigenvalue weighted by molar-refractivity contribution is 5.78. The molecule has 0 bridgehead atoms. The van der Waals surface area contributed by atoms with Crippen molar-refractivity contribution < 1.29 is 5.11 Å². The van der Waals surface area contributed by atoms with Crippen LogP contribution in [-0.2, 0) is 12.0 Å². The van der Waals surface area contributed by atoms with Gasteiger partial charge < -0.3 is 5.11 Å². The van der Waals surface area contributed by atoms with E-state index in [-0.39, 0.29) is 0 Å². The normalized spacial score (nSPS) is 13.4. The van der Waals surface area contributed by atoms with Crippen LogP contribution in [0.5, 0.6) is 0 Å². The molecule has 0 amide bonds. The summed E-state index contributed by atoms with van der Waals surface area (Å²) in [4.78, 5) is 0. The monoisotopic (exact) mass is 224 g/mol. The first-order chi connectivity index (χ1) is 8.07. The van der Waals surface area contributed by atoms with Crippen molar-refractivity contribution >= 4 is 0 Å². The first-order valence-corrected chi connectivity index (χ1v) is 6.00. The third-order valence-electron chi connectivity index (χ3n) is 3.51. The molecule has 2 aromatic rings. The van der Waals surface area contributed by atoms with E-state index in [9.17, 15) is 5.11 Å². The Bertz CT molecular complexity index is 576. The minimum absolute atomic E-state index is 0.770. The van der Waals surface area contributed by atoms with Gasteiger partial charge in [-0.2, -0.15) is 0 Å². The molecule has 86 valence electrons. The minimum Gasteiger partial charge on any atom is -0.386 e. The van der Waals surface area contributed by atoms with E-state index in [1.165, 1.54) is 22.3 Å². The zero-order valence-corrected chi connectivity index (χ0v) is 10.2. The summed E-state index contributed by atoms with van der Waals surface area (Å²) in [6.45, 7) is 3.71. The van der Waals surface area contributed by atoms with Gasteiger partial charge in [0, 0.05) is 0 Å². The molecule has 1 aliphatic carbocycles. The van der Waals surface area contributed by atoms with Gasteiger partial charge in [-0.3, -0.25) is 0 Å². The standard InChI is InChI=1S/C16H16O/c1-16(2,17)15-9-5-8-13-12-7-4-3-6-11(12)10-14(13)15/h3-9,17H,10H2,1-2H3. The first-order valence-electron chi connectivity index (χ1n) is 6.00. The van der Waals surface area contributed by atoms with Crippen LogP contribution in [0.15, 0.2) is 42.5 Å². The second-order valence-corrected chi connectivity index (χ2v) is 5.22. The molecule has 0 aromatic heterocycles. The Hall–Kier alpha value is -1.60. The third-order valence-corrected chi connectivity index (χ3v) is 3.51. The van der Waals surface area contributed by atoms with E-state index >= 15 is 0 Å². The van der Waals surface area contributed by atoms with E-state index in [2.05, 4.69) is 30.3 Å². The van der Waals surface area contributed by atoms with Crippen molar-refractivity contribution in [2.45, 2.75) is 25.9 Å². The van der Waals surface area contributed by atoms with Crippen LogP contribution in [0, 0.1) is 0 Å². The van der Waals surface area contributed by atoms with Crippen LogP contribution in [0.3, 0.4) is 0 Å². The zero-order valence-electron chi connectivity index (χ0n) is 10.2. The van der Waals surface area contributed by atoms with Crippen LogP contribution < -0.4 is 0 Å². The van der Waals surface area contributed by atoms with Gasteiger partial charge in [0.25, 0.3) is 0 Å². The first kappa shape index (κ1) is 10.5. The van der Waals surface area contributed by atoms with E-state index in [0.29, 0.717) is 0 Å². The molecule has 17 heavy (non-hydrogen) atoms. The molecule has 0 saturated carbocycles. The molecule has 0 saturated heterocycles. The number of benzene rings is 2. The Balaban J connectivity index is 2.24. The van der Waals surface area contributed by atoms with Crippen LogP contribution in [-0.4, -0.2) is 5.11 Å². The average Bonchev–Trinajstić information content (AvgIpc) is 2.65. The maximum Gasteiger partial charge on any atom is 0.0843 e. The van der Waals surface area contributed by atoms with Gasteiger partial charge in [0.2, 0.25) is 0 Å². The fraction of sp³-hybridized carbons (Fsp3) is 0.250. The van der Waals surface area contributed by atoms with Crippen molar-refractivity contribution in [1.29, 1.82) is 0 Å².